The first kappa shape index (κ1) is 28.5. The van der Waals surface area contributed by atoms with Gasteiger partial charge >= 0.3 is 0 Å². The van der Waals surface area contributed by atoms with E-state index >= 15 is 0 Å². The van der Waals surface area contributed by atoms with E-state index in [4.69, 9.17) is 10.5 Å². The standard InChI is InChI=1S/C29H37N7O2S/c1-4-38-29-22(15-30)23(31)14-24(34-29)28(37)33-16-20-10-12-36(13-11-20)19-27-25(18-35(2)3)32-17-26(39-27)21-8-6-5-7-9-21/h5-9,14,17,20,32H,4,10-13,16,18-19H2,1-3H3,(H2,31,34)(H,33,37). The quantitative estimate of drug-likeness (QED) is 0.411. The molecule has 2 aromatic rings. The molecule has 4 rings (SSSR count). The molecule has 1 aromatic carbocycles. The average Bonchev–Trinajstić information content (AvgIpc) is 2.93. The maximum absolute atomic E-state index is 12.8. The van der Waals surface area contributed by atoms with E-state index in [-0.39, 0.29) is 28.7 Å². The van der Waals surface area contributed by atoms with Crippen LogP contribution in [0.5, 0.6) is 5.88 Å². The van der Waals surface area contributed by atoms with E-state index in [0.29, 0.717) is 19.1 Å². The van der Waals surface area contributed by atoms with Gasteiger partial charge in [0.1, 0.15) is 17.3 Å². The molecule has 0 aliphatic carbocycles. The molecule has 0 unspecified atom stereocenters. The van der Waals surface area contributed by atoms with E-state index < -0.39 is 0 Å². The topological polar surface area (TPSA) is 120 Å². The summed E-state index contributed by atoms with van der Waals surface area (Å²) in [6.45, 7) is 6.41. The predicted molar refractivity (Wildman–Crippen MR) is 157 cm³/mol. The zero-order valence-electron chi connectivity index (χ0n) is 22.9. The minimum Gasteiger partial charge on any atom is -0.477 e. The van der Waals surface area contributed by atoms with Crippen molar-refractivity contribution in [2.24, 2.45) is 5.92 Å². The lowest BCUT2D eigenvalue weighted by molar-refractivity contribution is 0.0931. The fourth-order valence-corrected chi connectivity index (χ4v) is 5.80. The summed E-state index contributed by atoms with van der Waals surface area (Å²) in [6, 6.07) is 13.9. The molecule has 10 heteroatoms. The van der Waals surface area contributed by atoms with Crippen molar-refractivity contribution in [3.63, 3.8) is 0 Å². The lowest BCUT2D eigenvalue weighted by Crippen LogP contribution is -2.40. The molecule has 2 aliphatic rings. The number of nitrogens with one attached hydrogen (secondary N) is 2. The smallest absolute Gasteiger partial charge is 0.270 e. The average molecular weight is 548 g/mol. The van der Waals surface area contributed by atoms with Crippen molar-refractivity contribution in [3.8, 4) is 11.9 Å². The number of likely N-dealkylation sites (tertiary alicyclic amines) is 1. The summed E-state index contributed by atoms with van der Waals surface area (Å²) < 4.78 is 5.41. The van der Waals surface area contributed by atoms with Gasteiger partial charge in [0.2, 0.25) is 5.88 Å². The molecule has 39 heavy (non-hydrogen) atoms. The Hall–Kier alpha value is -3.52. The van der Waals surface area contributed by atoms with Crippen LogP contribution in [-0.4, -0.2) is 74.1 Å². The number of pyridine rings is 1. The van der Waals surface area contributed by atoms with Crippen LogP contribution in [0.15, 0.2) is 53.2 Å². The van der Waals surface area contributed by atoms with Gasteiger partial charge in [-0.25, -0.2) is 4.98 Å². The van der Waals surface area contributed by atoms with E-state index in [0.717, 1.165) is 39.0 Å². The Kier molecular flexibility index (Phi) is 9.87. The maximum atomic E-state index is 12.8. The third kappa shape index (κ3) is 7.53. The third-order valence-corrected chi connectivity index (χ3v) is 7.94. The third-order valence-electron chi connectivity index (χ3n) is 6.75. The van der Waals surface area contributed by atoms with Crippen LogP contribution in [0.2, 0.25) is 0 Å². The van der Waals surface area contributed by atoms with Gasteiger partial charge in [-0.05, 0) is 64.5 Å². The zero-order valence-corrected chi connectivity index (χ0v) is 23.7. The minimum atomic E-state index is -0.307. The summed E-state index contributed by atoms with van der Waals surface area (Å²) in [4.78, 5) is 24.3. The Morgan fingerprint density at radius 1 is 1.31 bits per heavy atom. The Morgan fingerprint density at radius 2 is 2.05 bits per heavy atom. The van der Waals surface area contributed by atoms with E-state index in [9.17, 15) is 10.1 Å². The van der Waals surface area contributed by atoms with Crippen molar-refractivity contribution in [2.45, 2.75) is 19.8 Å². The largest absolute Gasteiger partial charge is 0.477 e. The van der Waals surface area contributed by atoms with Crippen LogP contribution in [0.4, 0.5) is 5.69 Å². The summed E-state index contributed by atoms with van der Waals surface area (Å²) in [7, 11) is 4.18. The van der Waals surface area contributed by atoms with E-state index in [1.54, 1.807) is 6.92 Å². The molecule has 0 radical (unpaired) electrons. The highest BCUT2D eigenvalue weighted by Gasteiger charge is 2.24. The lowest BCUT2D eigenvalue weighted by atomic mass is 9.96. The first-order chi connectivity index (χ1) is 18.9. The van der Waals surface area contributed by atoms with Gasteiger partial charge in [-0.1, -0.05) is 42.1 Å². The number of thioether (sulfide) groups is 1. The van der Waals surface area contributed by atoms with Crippen LogP contribution in [0.1, 0.15) is 41.4 Å². The van der Waals surface area contributed by atoms with E-state index in [1.165, 1.54) is 27.1 Å². The molecule has 0 spiro atoms. The second kappa shape index (κ2) is 13.5. The lowest BCUT2D eigenvalue weighted by Gasteiger charge is -2.34. The van der Waals surface area contributed by atoms with Crippen LogP contribution in [0.3, 0.4) is 0 Å². The van der Waals surface area contributed by atoms with E-state index in [1.807, 2.05) is 23.9 Å². The van der Waals surface area contributed by atoms with Gasteiger partial charge < -0.3 is 26.0 Å². The Morgan fingerprint density at radius 3 is 2.72 bits per heavy atom. The van der Waals surface area contributed by atoms with Crippen molar-refractivity contribution in [1.82, 2.24) is 25.4 Å². The number of hydrogen-bond acceptors (Lipinski definition) is 9. The summed E-state index contributed by atoms with van der Waals surface area (Å²) >= 11 is 1.85. The minimum absolute atomic E-state index is 0.0988. The molecule has 2 aliphatic heterocycles. The Bertz CT molecular complexity index is 1260. The van der Waals surface area contributed by atoms with Crippen LogP contribution >= 0.6 is 11.8 Å². The molecule has 9 nitrogen and oxygen atoms in total. The number of piperidine rings is 1. The van der Waals surface area contributed by atoms with Gasteiger partial charge in [0.05, 0.1) is 12.3 Å². The summed E-state index contributed by atoms with van der Waals surface area (Å²) in [5.74, 6) is 0.180. The second-order valence-corrected chi connectivity index (χ2v) is 11.1. The van der Waals surface area contributed by atoms with Crippen LogP contribution < -0.4 is 21.1 Å². The first-order valence-corrected chi connectivity index (χ1v) is 14.1. The van der Waals surface area contributed by atoms with E-state index in [2.05, 4.69) is 70.0 Å². The number of hydrogen-bond donors (Lipinski definition) is 3. The van der Waals surface area contributed by atoms with Crippen molar-refractivity contribution in [3.05, 3.63) is 70.0 Å². The number of nitrogens with zero attached hydrogens (tertiary/aromatic N) is 4. The highest BCUT2D eigenvalue weighted by molar-refractivity contribution is 8.11. The fraction of sp³-hybridized carbons (Fsp3) is 0.414. The summed E-state index contributed by atoms with van der Waals surface area (Å²) in [5, 5.41) is 15.9. The Labute approximate surface area is 235 Å². The van der Waals surface area contributed by atoms with Crippen molar-refractivity contribution in [2.75, 3.05) is 59.2 Å². The number of benzene rings is 1. The molecule has 1 aromatic heterocycles. The molecule has 1 saturated heterocycles. The molecule has 4 N–H and O–H groups in total. The number of likely N-dealkylation sites (N-methyl/N-ethyl adjacent to an activating group) is 1. The van der Waals surface area contributed by atoms with Crippen LogP contribution in [0.25, 0.3) is 4.91 Å². The molecular formula is C29H37N7O2S. The number of nitrogens with two attached hydrogens (primary N) is 1. The molecule has 0 saturated carbocycles. The van der Waals surface area contributed by atoms with Crippen molar-refractivity contribution >= 4 is 28.3 Å². The number of carbonyl (C=O) groups excluding carboxylic acids is 1. The summed E-state index contributed by atoms with van der Waals surface area (Å²) in [6.07, 6.45) is 4.12. The Balaban J connectivity index is 1.31. The normalized spacial score (nSPS) is 16.4. The fourth-order valence-electron chi connectivity index (χ4n) is 4.67. The van der Waals surface area contributed by atoms with Gasteiger partial charge in [0.25, 0.3) is 5.91 Å². The monoisotopic (exact) mass is 547 g/mol. The highest BCUT2D eigenvalue weighted by atomic mass is 32.2. The molecule has 1 fully saturated rings. The number of rotatable bonds is 10. The number of aromatic nitrogens is 1. The number of nitriles is 1. The van der Waals surface area contributed by atoms with Gasteiger partial charge in [0, 0.05) is 41.3 Å². The van der Waals surface area contributed by atoms with Crippen LogP contribution in [0, 0.1) is 17.2 Å². The first-order valence-electron chi connectivity index (χ1n) is 13.3. The number of anilines is 1. The van der Waals surface area contributed by atoms with Crippen LogP contribution in [-0.2, 0) is 0 Å². The molecular weight excluding hydrogens is 510 g/mol. The number of carbonyl (C=O) groups is 1. The molecule has 1 amide bonds. The highest BCUT2D eigenvalue weighted by Crippen LogP contribution is 2.38. The predicted octanol–water partition coefficient (Wildman–Crippen LogP) is 3.48. The second-order valence-electron chi connectivity index (χ2n) is 10.0. The molecule has 3 heterocycles. The van der Waals surface area contributed by atoms with Gasteiger partial charge in [-0.2, -0.15) is 5.26 Å². The maximum Gasteiger partial charge on any atom is 0.270 e. The van der Waals surface area contributed by atoms with Gasteiger partial charge in [-0.15, -0.1) is 0 Å². The number of amides is 1. The van der Waals surface area contributed by atoms with Gasteiger partial charge in [-0.3, -0.25) is 9.69 Å². The molecule has 0 bridgehead atoms. The number of nitrogen functional groups attached to an aromatic ring is 1. The number of ether oxygens (including phenoxy) is 1. The zero-order chi connectivity index (χ0) is 27.8. The SMILES string of the molecule is CCOc1nc(C(=O)NCC2CCN(CC3=C(CN(C)C)NC=C(c4ccccc4)S3)CC2)cc(N)c1C#N. The van der Waals surface area contributed by atoms with Crippen molar-refractivity contribution in [1.29, 1.82) is 5.26 Å². The molecule has 206 valence electrons. The molecule has 0 atom stereocenters. The summed E-state index contributed by atoms with van der Waals surface area (Å²) in [5.41, 5.74) is 8.95. The van der Waals surface area contributed by atoms with Crippen molar-refractivity contribution < 1.29 is 9.53 Å². The van der Waals surface area contributed by atoms with Gasteiger partial charge in [0.15, 0.2) is 0 Å².